The molecule has 0 spiro atoms. The van der Waals surface area contributed by atoms with Crippen molar-refractivity contribution >= 4 is 40.9 Å². The Bertz CT molecular complexity index is 1410. The summed E-state index contributed by atoms with van der Waals surface area (Å²) in [7, 11) is 1.71. The van der Waals surface area contributed by atoms with Gasteiger partial charge >= 0.3 is 0 Å². The third-order valence-electron chi connectivity index (χ3n) is 7.05. The predicted molar refractivity (Wildman–Crippen MR) is 143 cm³/mol. The highest BCUT2D eigenvalue weighted by Crippen LogP contribution is 2.53. The zero-order chi connectivity index (χ0) is 25.5. The number of fused-ring (bicyclic) bond motifs is 3. The maximum absolute atomic E-state index is 13.6. The van der Waals surface area contributed by atoms with Crippen LogP contribution in [0.4, 0.5) is 11.4 Å². The summed E-state index contributed by atoms with van der Waals surface area (Å²) < 4.78 is 1.51. The minimum Gasteiger partial charge on any atom is -0.349 e. The molecule has 3 amide bonds. The Labute approximate surface area is 219 Å². The molecule has 0 saturated heterocycles. The smallest absolute Gasteiger partial charge is 0.273 e. The largest absolute Gasteiger partial charge is 0.349 e. The maximum Gasteiger partial charge on any atom is 0.273 e. The Morgan fingerprint density at radius 1 is 0.973 bits per heavy atom. The van der Waals surface area contributed by atoms with Gasteiger partial charge in [-0.3, -0.25) is 19.1 Å². The van der Waals surface area contributed by atoms with Crippen LogP contribution < -0.4 is 15.5 Å². The number of carbonyl (C=O) groups excluding carboxylic acids is 3. The first-order chi connectivity index (χ1) is 18.0. The fraction of sp³-hybridized carbons (Fsp3) is 0.286. The van der Waals surface area contributed by atoms with E-state index in [-0.39, 0.29) is 28.9 Å². The third-order valence-corrected chi connectivity index (χ3v) is 8.49. The van der Waals surface area contributed by atoms with Crippen molar-refractivity contribution in [3.05, 3.63) is 88.6 Å². The lowest BCUT2D eigenvalue weighted by atomic mass is 9.96. The quantitative estimate of drug-likeness (QED) is 0.531. The van der Waals surface area contributed by atoms with Gasteiger partial charge in [-0.05, 0) is 67.1 Å². The Hall–Kier alpha value is -3.85. The van der Waals surface area contributed by atoms with Crippen LogP contribution in [0.5, 0.6) is 0 Å². The van der Waals surface area contributed by atoms with Crippen LogP contribution in [0.2, 0.25) is 0 Å². The van der Waals surface area contributed by atoms with Crippen LogP contribution in [0.3, 0.4) is 0 Å². The molecular formula is C28H27N5O3S. The highest BCUT2D eigenvalue weighted by molar-refractivity contribution is 8.04. The number of amides is 3. The molecule has 2 unspecified atom stereocenters. The van der Waals surface area contributed by atoms with Crippen LogP contribution in [0.15, 0.2) is 71.8 Å². The van der Waals surface area contributed by atoms with Crippen molar-refractivity contribution in [2.75, 3.05) is 16.8 Å². The van der Waals surface area contributed by atoms with Crippen LogP contribution in [-0.4, -0.2) is 40.1 Å². The molecule has 2 atom stereocenters. The predicted octanol–water partition coefficient (Wildman–Crippen LogP) is 4.29. The van der Waals surface area contributed by atoms with E-state index in [9.17, 15) is 14.4 Å². The number of thioether (sulfide) groups is 1. The molecule has 6 rings (SSSR count). The summed E-state index contributed by atoms with van der Waals surface area (Å²) in [5.74, 6) is -0.129. The zero-order valence-electron chi connectivity index (χ0n) is 20.4. The Morgan fingerprint density at radius 3 is 2.49 bits per heavy atom. The van der Waals surface area contributed by atoms with Crippen molar-refractivity contribution in [1.82, 2.24) is 15.1 Å². The zero-order valence-corrected chi connectivity index (χ0v) is 21.2. The van der Waals surface area contributed by atoms with Gasteiger partial charge in [0.2, 0.25) is 0 Å². The van der Waals surface area contributed by atoms with E-state index in [0.29, 0.717) is 29.5 Å². The lowest BCUT2D eigenvalue weighted by Crippen LogP contribution is -2.32. The summed E-state index contributed by atoms with van der Waals surface area (Å²) in [6.07, 6.45) is 6.57. The van der Waals surface area contributed by atoms with Crippen LogP contribution in [0, 0.1) is 5.92 Å². The molecule has 2 aliphatic heterocycles. The van der Waals surface area contributed by atoms with E-state index < -0.39 is 0 Å². The molecule has 1 aromatic heterocycles. The molecule has 37 heavy (non-hydrogen) atoms. The molecule has 1 aliphatic carbocycles. The molecule has 3 aliphatic rings. The standard InChI is InChI=1S/C28H27N5O3S/c1-32-23(12-14-29-32)26(34)30-19-8-6-17(7-9-19)28(36)33-15-13-18-16-24(27(35)31-20-10-11-20)37-25(18)21-4-2-3-5-22(21)33/h2-9,12,14,16,18,20,25H,10-11,13,15H2,1H3,(H,30,34)(H,31,35). The number of anilines is 2. The molecule has 1 saturated carbocycles. The molecule has 1 fully saturated rings. The molecule has 0 radical (unpaired) electrons. The third kappa shape index (κ3) is 4.67. The highest BCUT2D eigenvalue weighted by Gasteiger charge is 2.39. The summed E-state index contributed by atoms with van der Waals surface area (Å²) >= 11 is 1.61. The second-order valence-corrected chi connectivity index (χ2v) is 10.8. The van der Waals surface area contributed by atoms with E-state index in [1.807, 2.05) is 23.1 Å². The maximum atomic E-state index is 13.6. The second-order valence-electron chi connectivity index (χ2n) is 9.66. The average molecular weight is 514 g/mol. The number of allylic oxidation sites excluding steroid dienone is 1. The molecule has 3 aromatic rings. The number of nitrogens with zero attached hydrogens (tertiary/aromatic N) is 3. The topological polar surface area (TPSA) is 96.3 Å². The van der Waals surface area contributed by atoms with Crippen molar-refractivity contribution < 1.29 is 14.4 Å². The summed E-state index contributed by atoms with van der Waals surface area (Å²) in [6.45, 7) is 0.560. The monoisotopic (exact) mass is 513 g/mol. The molecular weight excluding hydrogens is 486 g/mol. The molecule has 8 nitrogen and oxygen atoms in total. The Kier molecular flexibility index (Phi) is 6.08. The van der Waals surface area contributed by atoms with E-state index in [0.717, 1.165) is 35.4 Å². The normalized spacial score (nSPS) is 20.4. The Morgan fingerprint density at radius 2 is 1.76 bits per heavy atom. The van der Waals surface area contributed by atoms with Crippen LogP contribution in [0.1, 0.15) is 50.9 Å². The van der Waals surface area contributed by atoms with E-state index >= 15 is 0 Å². The second kappa shape index (κ2) is 9.55. The average Bonchev–Trinajstić information content (AvgIpc) is 3.49. The van der Waals surface area contributed by atoms with E-state index in [2.05, 4.69) is 27.9 Å². The first-order valence-electron chi connectivity index (χ1n) is 12.5. The number of nitrogens with one attached hydrogen (secondary N) is 2. The van der Waals surface area contributed by atoms with Gasteiger partial charge in [0, 0.05) is 48.0 Å². The fourth-order valence-corrected chi connectivity index (χ4v) is 6.32. The number of hydrogen-bond donors (Lipinski definition) is 2. The summed E-state index contributed by atoms with van der Waals surface area (Å²) in [6, 6.07) is 16.9. The number of aromatic nitrogens is 2. The number of aryl methyl sites for hydroxylation is 1. The van der Waals surface area contributed by atoms with Crippen molar-refractivity contribution in [2.24, 2.45) is 13.0 Å². The van der Waals surface area contributed by atoms with Crippen molar-refractivity contribution in [1.29, 1.82) is 0 Å². The summed E-state index contributed by atoms with van der Waals surface area (Å²) in [5, 5.41) is 10.1. The van der Waals surface area contributed by atoms with Crippen molar-refractivity contribution in [3.8, 4) is 0 Å². The van der Waals surface area contributed by atoms with Crippen molar-refractivity contribution in [3.63, 3.8) is 0 Å². The number of para-hydroxylation sites is 1. The van der Waals surface area contributed by atoms with Gasteiger partial charge in [0.1, 0.15) is 5.69 Å². The van der Waals surface area contributed by atoms with Gasteiger partial charge in [-0.25, -0.2) is 0 Å². The molecule has 3 heterocycles. The lowest BCUT2D eigenvalue weighted by Gasteiger charge is -2.24. The minimum atomic E-state index is -0.261. The van der Waals surface area contributed by atoms with Crippen LogP contribution >= 0.6 is 11.8 Å². The molecule has 2 aromatic carbocycles. The SMILES string of the molecule is Cn1nccc1C(=O)Nc1ccc(C(=O)N2CCC3C=C(C(=O)NC4CC4)SC3c3ccccc32)cc1. The van der Waals surface area contributed by atoms with E-state index in [4.69, 9.17) is 0 Å². The van der Waals surface area contributed by atoms with Crippen LogP contribution in [0.25, 0.3) is 0 Å². The number of hydrogen-bond acceptors (Lipinski definition) is 5. The fourth-order valence-electron chi connectivity index (χ4n) is 4.91. The minimum absolute atomic E-state index is 0.0292. The first-order valence-corrected chi connectivity index (χ1v) is 13.4. The number of rotatable bonds is 5. The number of benzene rings is 2. The molecule has 0 bridgehead atoms. The molecule has 2 N–H and O–H groups in total. The molecule has 188 valence electrons. The van der Waals surface area contributed by atoms with Gasteiger partial charge in [0.05, 0.1) is 4.91 Å². The summed E-state index contributed by atoms with van der Waals surface area (Å²) in [4.78, 5) is 41.4. The van der Waals surface area contributed by atoms with Crippen molar-refractivity contribution in [2.45, 2.75) is 30.6 Å². The van der Waals surface area contributed by atoms with Gasteiger partial charge in [-0.1, -0.05) is 24.3 Å². The van der Waals surface area contributed by atoms with Gasteiger partial charge < -0.3 is 15.5 Å². The van der Waals surface area contributed by atoms with Gasteiger partial charge in [-0.2, -0.15) is 5.10 Å². The lowest BCUT2D eigenvalue weighted by molar-refractivity contribution is -0.116. The van der Waals surface area contributed by atoms with Crippen LogP contribution in [-0.2, 0) is 11.8 Å². The summed E-state index contributed by atoms with van der Waals surface area (Å²) in [5.41, 5.74) is 3.57. The van der Waals surface area contributed by atoms with E-state index in [1.165, 1.54) is 4.68 Å². The number of carbonyl (C=O) groups is 3. The molecule has 9 heteroatoms. The van der Waals surface area contributed by atoms with Gasteiger partial charge in [-0.15, -0.1) is 11.8 Å². The van der Waals surface area contributed by atoms with E-state index in [1.54, 1.807) is 55.3 Å². The van der Waals surface area contributed by atoms with Gasteiger partial charge in [0.15, 0.2) is 0 Å². The van der Waals surface area contributed by atoms with Gasteiger partial charge in [0.25, 0.3) is 17.7 Å². The first kappa shape index (κ1) is 23.5. The Balaban J connectivity index is 1.19. The highest BCUT2D eigenvalue weighted by atomic mass is 32.2.